The minimum Gasteiger partial charge on any atom is -0.340 e. The summed E-state index contributed by atoms with van der Waals surface area (Å²) in [7, 11) is 0.0837. The Morgan fingerprint density at radius 3 is 2.52 bits per heavy atom. The first-order valence-electron chi connectivity index (χ1n) is 8.22. The summed E-state index contributed by atoms with van der Waals surface area (Å²) in [4.78, 5) is 8.53. The van der Waals surface area contributed by atoms with Gasteiger partial charge >= 0.3 is 6.18 Å². The Kier molecular flexibility index (Phi) is 5.91. The van der Waals surface area contributed by atoms with Gasteiger partial charge in [-0.05, 0) is 49.5 Å². The molecular formula is C19H14F3N5OS. The Hall–Kier alpha value is -3.29. The Labute approximate surface area is 167 Å². The molecule has 0 bridgehead atoms. The molecule has 3 aromatic rings. The predicted octanol–water partition coefficient (Wildman–Crippen LogP) is 4.02. The summed E-state index contributed by atoms with van der Waals surface area (Å²) >= 11 is 0. The monoisotopic (exact) mass is 417 g/mol. The molecule has 0 aliphatic carbocycles. The molecule has 29 heavy (non-hydrogen) atoms. The highest BCUT2D eigenvalue weighted by atomic mass is 32.2. The average Bonchev–Trinajstić information content (AvgIpc) is 2.73. The normalized spacial score (nSPS) is 12.2. The third-order valence-corrected chi connectivity index (χ3v) is 4.96. The van der Waals surface area contributed by atoms with Gasteiger partial charge in [0.2, 0.25) is 0 Å². The van der Waals surface area contributed by atoms with Crippen molar-refractivity contribution in [2.24, 2.45) is 0 Å². The SMILES string of the molecule is CNS(=O)c1ccc(Nc2ccc(C(F)(F)F)cn2)c(-c2cc(C#N)ccn2)c1. The van der Waals surface area contributed by atoms with E-state index in [1.807, 2.05) is 6.07 Å². The van der Waals surface area contributed by atoms with Crippen LogP contribution in [0.25, 0.3) is 11.3 Å². The number of aromatic nitrogens is 2. The zero-order valence-electron chi connectivity index (χ0n) is 15.0. The van der Waals surface area contributed by atoms with E-state index in [0.29, 0.717) is 27.4 Å². The molecule has 1 atom stereocenters. The molecule has 3 rings (SSSR count). The Morgan fingerprint density at radius 1 is 1.10 bits per heavy atom. The maximum atomic E-state index is 12.7. The molecular weight excluding hydrogens is 403 g/mol. The van der Waals surface area contributed by atoms with E-state index in [-0.39, 0.29) is 5.82 Å². The van der Waals surface area contributed by atoms with Gasteiger partial charge in [-0.2, -0.15) is 18.4 Å². The molecule has 10 heteroatoms. The van der Waals surface area contributed by atoms with E-state index in [9.17, 15) is 17.4 Å². The van der Waals surface area contributed by atoms with Crippen LogP contribution in [0.1, 0.15) is 11.1 Å². The summed E-state index contributed by atoms with van der Waals surface area (Å²) in [5, 5.41) is 12.1. The van der Waals surface area contributed by atoms with Crippen LogP contribution in [0.2, 0.25) is 0 Å². The van der Waals surface area contributed by atoms with E-state index < -0.39 is 22.7 Å². The van der Waals surface area contributed by atoms with Gasteiger partial charge in [-0.25, -0.2) is 13.9 Å². The van der Waals surface area contributed by atoms with Crippen molar-refractivity contribution in [2.45, 2.75) is 11.1 Å². The Morgan fingerprint density at radius 2 is 1.90 bits per heavy atom. The smallest absolute Gasteiger partial charge is 0.340 e. The predicted molar refractivity (Wildman–Crippen MR) is 102 cm³/mol. The molecule has 2 heterocycles. The molecule has 148 valence electrons. The number of anilines is 2. The van der Waals surface area contributed by atoms with Crippen molar-refractivity contribution in [3.8, 4) is 17.3 Å². The van der Waals surface area contributed by atoms with Crippen LogP contribution in [-0.4, -0.2) is 21.2 Å². The molecule has 0 saturated heterocycles. The first kappa shape index (κ1) is 20.4. The van der Waals surface area contributed by atoms with Gasteiger partial charge in [-0.15, -0.1) is 0 Å². The first-order valence-corrected chi connectivity index (χ1v) is 9.37. The second-order valence-corrected chi connectivity index (χ2v) is 7.19. The van der Waals surface area contributed by atoms with Crippen molar-refractivity contribution in [1.29, 1.82) is 5.26 Å². The largest absolute Gasteiger partial charge is 0.417 e. The topological polar surface area (TPSA) is 90.7 Å². The number of nitrogens with one attached hydrogen (secondary N) is 2. The third kappa shape index (κ3) is 4.77. The highest BCUT2D eigenvalue weighted by Crippen LogP contribution is 2.32. The van der Waals surface area contributed by atoms with E-state index >= 15 is 0 Å². The number of nitrogens with zero attached hydrogens (tertiary/aromatic N) is 3. The maximum absolute atomic E-state index is 12.7. The van der Waals surface area contributed by atoms with Crippen LogP contribution in [-0.2, 0) is 17.2 Å². The highest BCUT2D eigenvalue weighted by molar-refractivity contribution is 7.83. The molecule has 2 aromatic heterocycles. The van der Waals surface area contributed by atoms with Gasteiger partial charge in [0.15, 0.2) is 0 Å². The summed E-state index contributed by atoms with van der Waals surface area (Å²) in [5.41, 5.74) is 0.968. The molecule has 2 N–H and O–H groups in total. The number of halogens is 3. The number of hydrogen-bond acceptors (Lipinski definition) is 5. The number of hydrogen-bond donors (Lipinski definition) is 2. The van der Waals surface area contributed by atoms with E-state index in [1.54, 1.807) is 37.4 Å². The fraction of sp³-hybridized carbons (Fsp3) is 0.105. The summed E-state index contributed by atoms with van der Waals surface area (Å²) in [6, 6.07) is 12.1. The molecule has 6 nitrogen and oxygen atoms in total. The summed E-state index contributed by atoms with van der Waals surface area (Å²) < 4.78 is 52.9. The molecule has 1 unspecified atom stereocenters. The fourth-order valence-corrected chi connectivity index (χ4v) is 3.15. The van der Waals surface area contributed by atoms with Gasteiger partial charge in [-0.3, -0.25) is 4.98 Å². The summed E-state index contributed by atoms with van der Waals surface area (Å²) in [5.74, 6) is 0.193. The van der Waals surface area contributed by atoms with Crippen LogP contribution >= 0.6 is 0 Å². The van der Waals surface area contributed by atoms with Gasteiger partial charge in [0, 0.05) is 23.6 Å². The molecule has 0 aliphatic rings. The minimum atomic E-state index is -4.47. The molecule has 0 spiro atoms. The van der Waals surface area contributed by atoms with Crippen LogP contribution in [0, 0.1) is 11.3 Å². The van der Waals surface area contributed by atoms with E-state index in [4.69, 9.17) is 5.26 Å². The molecule has 0 radical (unpaired) electrons. The second kappa shape index (κ2) is 8.38. The first-order chi connectivity index (χ1) is 13.8. The molecule has 0 amide bonds. The lowest BCUT2D eigenvalue weighted by Gasteiger charge is -2.14. The maximum Gasteiger partial charge on any atom is 0.417 e. The second-order valence-electron chi connectivity index (χ2n) is 5.78. The highest BCUT2D eigenvalue weighted by Gasteiger charge is 2.30. The molecule has 1 aromatic carbocycles. The zero-order valence-corrected chi connectivity index (χ0v) is 15.8. The van der Waals surface area contributed by atoms with Gasteiger partial charge in [0.05, 0.1) is 27.8 Å². The van der Waals surface area contributed by atoms with Crippen molar-refractivity contribution in [3.63, 3.8) is 0 Å². The number of alkyl halides is 3. The number of pyridine rings is 2. The van der Waals surface area contributed by atoms with Gasteiger partial charge < -0.3 is 5.32 Å². The lowest BCUT2D eigenvalue weighted by atomic mass is 10.1. The molecule has 0 saturated carbocycles. The van der Waals surface area contributed by atoms with Gasteiger partial charge in [0.1, 0.15) is 16.8 Å². The van der Waals surface area contributed by atoms with Crippen molar-refractivity contribution < 1.29 is 17.4 Å². The van der Waals surface area contributed by atoms with Crippen LogP contribution in [0.15, 0.2) is 59.8 Å². The van der Waals surface area contributed by atoms with E-state index in [0.717, 1.165) is 12.3 Å². The van der Waals surface area contributed by atoms with Crippen LogP contribution < -0.4 is 10.0 Å². The number of nitriles is 1. The van der Waals surface area contributed by atoms with Gasteiger partial charge in [0.25, 0.3) is 0 Å². The molecule has 0 aliphatic heterocycles. The average molecular weight is 417 g/mol. The van der Waals surface area contributed by atoms with Crippen LogP contribution in [0.3, 0.4) is 0 Å². The Bertz CT molecular complexity index is 1090. The fourth-order valence-electron chi connectivity index (χ4n) is 2.50. The van der Waals surface area contributed by atoms with E-state index in [1.165, 1.54) is 12.3 Å². The number of rotatable bonds is 5. The third-order valence-electron chi connectivity index (χ3n) is 3.91. The minimum absolute atomic E-state index is 0.193. The standard InChI is InChI=1S/C19H14F3N5OS/c1-24-29(28)14-3-4-16(15(9-14)17-8-12(10-23)6-7-25-17)27-18-5-2-13(11-26-18)19(20,21)22/h2-9,11,24H,1H3,(H,26,27). The number of benzene rings is 1. The quantitative estimate of drug-likeness (QED) is 0.654. The van der Waals surface area contributed by atoms with E-state index in [2.05, 4.69) is 20.0 Å². The molecule has 0 fully saturated rings. The zero-order chi connectivity index (χ0) is 21.0. The Balaban J connectivity index is 2.03. The van der Waals surface area contributed by atoms with Crippen molar-refractivity contribution >= 4 is 22.5 Å². The lowest BCUT2D eigenvalue weighted by Crippen LogP contribution is -2.11. The summed E-state index contributed by atoms with van der Waals surface area (Å²) in [6.07, 6.45) is -2.27. The van der Waals surface area contributed by atoms with Crippen molar-refractivity contribution in [3.05, 3.63) is 66.0 Å². The van der Waals surface area contributed by atoms with Crippen LogP contribution in [0.5, 0.6) is 0 Å². The lowest BCUT2D eigenvalue weighted by molar-refractivity contribution is -0.137. The van der Waals surface area contributed by atoms with Crippen molar-refractivity contribution in [2.75, 3.05) is 12.4 Å². The van der Waals surface area contributed by atoms with Crippen LogP contribution in [0.4, 0.5) is 24.7 Å². The summed E-state index contributed by atoms with van der Waals surface area (Å²) in [6.45, 7) is 0. The van der Waals surface area contributed by atoms with Crippen molar-refractivity contribution in [1.82, 2.24) is 14.7 Å². The van der Waals surface area contributed by atoms with Gasteiger partial charge in [-0.1, -0.05) is 0 Å².